The maximum Gasteiger partial charge on any atom is 0.321 e. The second-order valence-electron chi connectivity index (χ2n) is 6.03. The van der Waals surface area contributed by atoms with Crippen molar-refractivity contribution in [1.29, 1.82) is 0 Å². The smallest absolute Gasteiger partial charge is 0.321 e. The van der Waals surface area contributed by atoms with Crippen LogP contribution in [-0.4, -0.2) is 55.8 Å². The van der Waals surface area contributed by atoms with E-state index in [2.05, 4.69) is 10.6 Å². The molecule has 2 aliphatic rings. The molecule has 124 valence electrons. The van der Waals surface area contributed by atoms with Crippen molar-refractivity contribution in [2.75, 3.05) is 38.7 Å². The van der Waals surface area contributed by atoms with E-state index in [0.29, 0.717) is 19.6 Å². The minimum Gasteiger partial charge on any atom is -0.497 e. The third-order valence-electron chi connectivity index (χ3n) is 4.40. The van der Waals surface area contributed by atoms with E-state index in [1.54, 1.807) is 12.0 Å². The van der Waals surface area contributed by atoms with Gasteiger partial charge < -0.3 is 25.0 Å². The second-order valence-corrected chi connectivity index (χ2v) is 6.03. The lowest BCUT2D eigenvalue weighted by Gasteiger charge is -2.33. The van der Waals surface area contributed by atoms with Crippen LogP contribution in [0, 0.1) is 6.92 Å². The molecule has 0 aliphatic carbocycles. The van der Waals surface area contributed by atoms with E-state index in [1.165, 1.54) is 0 Å². The zero-order valence-corrected chi connectivity index (χ0v) is 13.3. The van der Waals surface area contributed by atoms with Gasteiger partial charge in [-0.2, -0.15) is 0 Å². The highest BCUT2D eigenvalue weighted by Crippen LogP contribution is 2.28. The molecular formula is C16H21N3O4. The molecule has 1 atom stereocenters. The SMILES string of the molecule is COc1ccc(NC(=O)N2CCC3(CNC(=O)CO3)C2)c(C)c1. The number of urea groups is 1. The maximum atomic E-state index is 12.5. The summed E-state index contributed by atoms with van der Waals surface area (Å²) < 4.78 is 10.8. The fourth-order valence-electron chi connectivity index (χ4n) is 2.96. The molecule has 2 saturated heterocycles. The summed E-state index contributed by atoms with van der Waals surface area (Å²) in [6.07, 6.45) is 0.724. The highest BCUT2D eigenvalue weighted by Gasteiger charge is 2.43. The van der Waals surface area contributed by atoms with Crippen LogP contribution in [0.3, 0.4) is 0 Å². The minimum absolute atomic E-state index is 0.0625. The Labute approximate surface area is 134 Å². The number of hydrogen-bond acceptors (Lipinski definition) is 4. The van der Waals surface area contributed by atoms with Crippen molar-refractivity contribution in [3.05, 3.63) is 23.8 Å². The molecule has 3 amide bonds. The van der Waals surface area contributed by atoms with Crippen molar-refractivity contribution in [1.82, 2.24) is 10.2 Å². The molecule has 2 aliphatic heterocycles. The molecule has 0 saturated carbocycles. The zero-order valence-electron chi connectivity index (χ0n) is 13.3. The summed E-state index contributed by atoms with van der Waals surface area (Å²) in [6, 6.07) is 5.36. The number of likely N-dealkylation sites (tertiary alicyclic amines) is 1. The number of aryl methyl sites for hydroxylation is 1. The molecule has 2 heterocycles. The predicted molar refractivity (Wildman–Crippen MR) is 84.6 cm³/mol. The highest BCUT2D eigenvalue weighted by atomic mass is 16.5. The summed E-state index contributed by atoms with van der Waals surface area (Å²) >= 11 is 0. The van der Waals surface area contributed by atoms with Crippen LogP contribution in [0.25, 0.3) is 0 Å². The Bertz CT molecular complexity index is 622. The molecule has 1 aromatic rings. The van der Waals surface area contributed by atoms with Crippen LogP contribution in [-0.2, 0) is 9.53 Å². The number of carbonyl (C=O) groups excluding carboxylic acids is 2. The van der Waals surface area contributed by atoms with E-state index < -0.39 is 5.60 Å². The molecule has 0 radical (unpaired) electrons. The topological polar surface area (TPSA) is 79.9 Å². The summed E-state index contributed by atoms with van der Waals surface area (Å²) in [5, 5.41) is 5.73. The average molecular weight is 319 g/mol. The molecule has 0 bridgehead atoms. The van der Waals surface area contributed by atoms with Gasteiger partial charge in [0.15, 0.2) is 0 Å². The second kappa shape index (κ2) is 6.08. The Morgan fingerprint density at radius 3 is 2.96 bits per heavy atom. The summed E-state index contributed by atoms with van der Waals surface area (Å²) in [4.78, 5) is 25.4. The number of ether oxygens (including phenoxy) is 2. The Balaban J connectivity index is 1.62. The van der Waals surface area contributed by atoms with Gasteiger partial charge in [0, 0.05) is 18.8 Å². The number of anilines is 1. The number of benzene rings is 1. The van der Waals surface area contributed by atoms with E-state index in [1.807, 2.05) is 25.1 Å². The first-order chi connectivity index (χ1) is 11.0. The number of nitrogens with zero attached hydrogens (tertiary/aromatic N) is 1. The third-order valence-corrected chi connectivity index (χ3v) is 4.40. The molecule has 23 heavy (non-hydrogen) atoms. The number of nitrogens with one attached hydrogen (secondary N) is 2. The van der Waals surface area contributed by atoms with Crippen LogP contribution in [0.5, 0.6) is 5.75 Å². The van der Waals surface area contributed by atoms with Gasteiger partial charge in [0.2, 0.25) is 5.91 Å². The molecule has 1 spiro atoms. The Morgan fingerprint density at radius 1 is 1.48 bits per heavy atom. The van der Waals surface area contributed by atoms with Crippen molar-refractivity contribution in [2.24, 2.45) is 0 Å². The van der Waals surface area contributed by atoms with Crippen LogP contribution >= 0.6 is 0 Å². The number of morpholine rings is 1. The Kier molecular flexibility index (Phi) is 4.12. The summed E-state index contributed by atoms with van der Waals surface area (Å²) in [6.45, 7) is 3.53. The minimum atomic E-state index is -0.444. The van der Waals surface area contributed by atoms with Crippen molar-refractivity contribution < 1.29 is 19.1 Å². The van der Waals surface area contributed by atoms with Gasteiger partial charge in [0.05, 0.1) is 13.7 Å². The number of carbonyl (C=O) groups is 2. The molecule has 0 aromatic heterocycles. The quantitative estimate of drug-likeness (QED) is 0.856. The van der Waals surface area contributed by atoms with Gasteiger partial charge in [-0.05, 0) is 37.1 Å². The van der Waals surface area contributed by atoms with Crippen molar-refractivity contribution in [2.45, 2.75) is 18.9 Å². The van der Waals surface area contributed by atoms with Crippen LogP contribution < -0.4 is 15.4 Å². The normalized spacial score (nSPS) is 23.7. The van der Waals surface area contributed by atoms with Crippen molar-refractivity contribution in [3.8, 4) is 5.75 Å². The van der Waals surface area contributed by atoms with Gasteiger partial charge in [0.25, 0.3) is 0 Å². The summed E-state index contributed by atoms with van der Waals surface area (Å²) in [5.74, 6) is 0.652. The van der Waals surface area contributed by atoms with Crippen molar-refractivity contribution in [3.63, 3.8) is 0 Å². The first kappa shape index (κ1) is 15.6. The average Bonchev–Trinajstić information content (AvgIpc) is 2.97. The van der Waals surface area contributed by atoms with E-state index in [4.69, 9.17) is 9.47 Å². The predicted octanol–water partition coefficient (Wildman–Crippen LogP) is 1.13. The number of methoxy groups -OCH3 is 1. The number of hydrogen-bond donors (Lipinski definition) is 2. The van der Waals surface area contributed by atoms with Gasteiger partial charge in [0.1, 0.15) is 18.0 Å². The molecule has 3 rings (SSSR count). The lowest BCUT2D eigenvalue weighted by molar-refractivity contribution is -0.141. The lowest BCUT2D eigenvalue weighted by atomic mass is 10.0. The van der Waals surface area contributed by atoms with Crippen LogP contribution in [0.15, 0.2) is 18.2 Å². The zero-order chi connectivity index (χ0) is 16.4. The van der Waals surface area contributed by atoms with E-state index in [-0.39, 0.29) is 18.5 Å². The van der Waals surface area contributed by atoms with E-state index in [9.17, 15) is 9.59 Å². The van der Waals surface area contributed by atoms with Gasteiger partial charge >= 0.3 is 6.03 Å². The molecule has 7 heteroatoms. The molecule has 1 unspecified atom stereocenters. The van der Waals surface area contributed by atoms with Crippen LogP contribution in [0.1, 0.15) is 12.0 Å². The fraction of sp³-hybridized carbons (Fsp3) is 0.500. The number of amides is 3. The van der Waals surface area contributed by atoms with Gasteiger partial charge in [-0.15, -0.1) is 0 Å². The first-order valence-corrected chi connectivity index (χ1v) is 7.63. The summed E-state index contributed by atoms with van der Waals surface area (Å²) in [7, 11) is 1.61. The number of rotatable bonds is 2. The van der Waals surface area contributed by atoms with Gasteiger partial charge in [-0.1, -0.05) is 0 Å². The molecule has 2 fully saturated rings. The van der Waals surface area contributed by atoms with Gasteiger partial charge in [-0.3, -0.25) is 4.79 Å². The Morgan fingerprint density at radius 2 is 2.30 bits per heavy atom. The molecule has 1 aromatic carbocycles. The fourth-order valence-corrected chi connectivity index (χ4v) is 2.96. The maximum absolute atomic E-state index is 12.5. The molecule has 7 nitrogen and oxygen atoms in total. The lowest BCUT2D eigenvalue weighted by Crippen LogP contribution is -2.54. The molecular weight excluding hydrogens is 298 g/mol. The Hall–Kier alpha value is -2.28. The third kappa shape index (κ3) is 3.24. The van der Waals surface area contributed by atoms with E-state index in [0.717, 1.165) is 23.4 Å². The monoisotopic (exact) mass is 319 g/mol. The first-order valence-electron chi connectivity index (χ1n) is 7.63. The van der Waals surface area contributed by atoms with Crippen molar-refractivity contribution >= 4 is 17.6 Å². The largest absolute Gasteiger partial charge is 0.497 e. The van der Waals surface area contributed by atoms with E-state index >= 15 is 0 Å². The summed E-state index contributed by atoms with van der Waals surface area (Å²) in [5.41, 5.74) is 1.25. The standard InChI is InChI=1S/C16H21N3O4/c1-11-7-12(22-2)3-4-13(11)18-15(21)19-6-5-16(10-19)9-17-14(20)8-23-16/h3-4,7H,5-6,8-10H2,1-2H3,(H,17,20)(H,18,21). The van der Waals surface area contributed by atoms with Crippen LogP contribution in [0.2, 0.25) is 0 Å². The van der Waals surface area contributed by atoms with Crippen LogP contribution in [0.4, 0.5) is 10.5 Å². The van der Waals surface area contributed by atoms with Gasteiger partial charge in [-0.25, -0.2) is 4.79 Å². The molecule has 2 N–H and O–H groups in total. The highest BCUT2D eigenvalue weighted by molar-refractivity contribution is 5.90.